The highest BCUT2D eigenvalue weighted by molar-refractivity contribution is 5.68. The van der Waals surface area contributed by atoms with E-state index in [1.54, 1.807) is 12.4 Å². The second kappa shape index (κ2) is 9.41. The van der Waals surface area contributed by atoms with E-state index in [9.17, 15) is 4.79 Å². The fraction of sp³-hybridized carbons (Fsp3) is 0.182. The van der Waals surface area contributed by atoms with E-state index in [1.165, 1.54) is 0 Å². The molecular weight excluding hydrogens is 358 g/mol. The first kappa shape index (κ1) is 19.2. The summed E-state index contributed by atoms with van der Waals surface area (Å²) < 4.78 is 17.1. The van der Waals surface area contributed by atoms with Crippen LogP contribution in [0, 0.1) is 6.92 Å². The third-order valence-electron chi connectivity index (χ3n) is 3.96. The van der Waals surface area contributed by atoms with E-state index in [2.05, 4.69) is 4.98 Å². The van der Waals surface area contributed by atoms with Crippen molar-refractivity contribution in [2.24, 2.45) is 0 Å². The zero-order valence-electron chi connectivity index (χ0n) is 15.5. The van der Waals surface area contributed by atoms with E-state index in [0.717, 1.165) is 16.7 Å². The molecule has 0 aliphatic rings. The van der Waals surface area contributed by atoms with Crippen molar-refractivity contribution in [3.8, 4) is 17.2 Å². The molecule has 0 amide bonds. The molecule has 1 aromatic heterocycles. The number of ether oxygens (including phenoxy) is 3. The lowest BCUT2D eigenvalue weighted by Gasteiger charge is -2.14. The van der Waals surface area contributed by atoms with Gasteiger partial charge in [0.1, 0.15) is 30.5 Å². The van der Waals surface area contributed by atoms with Gasteiger partial charge in [0, 0.05) is 29.6 Å². The molecule has 0 aliphatic carbocycles. The zero-order valence-corrected chi connectivity index (χ0v) is 15.5. The van der Waals surface area contributed by atoms with Crippen LogP contribution in [0.2, 0.25) is 0 Å². The summed E-state index contributed by atoms with van der Waals surface area (Å²) in [6, 6.07) is 16.8. The first-order valence-electron chi connectivity index (χ1n) is 8.79. The van der Waals surface area contributed by atoms with E-state index in [1.807, 2.05) is 61.5 Å². The van der Waals surface area contributed by atoms with Gasteiger partial charge in [0.15, 0.2) is 6.61 Å². The van der Waals surface area contributed by atoms with Crippen LogP contribution >= 0.6 is 0 Å². The largest absolute Gasteiger partial charge is 0.489 e. The fourth-order valence-electron chi connectivity index (χ4n) is 2.63. The average molecular weight is 379 g/mol. The number of hydrogen-bond acceptors (Lipinski definition) is 5. The molecule has 3 rings (SSSR count). The van der Waals surface area contributed by atoms with Crippen molar-refractivity contribution in [2.75, 3.05) is 6.61 Å². The molecule has 0 radical (unpaired) electrons. The maximum Gasteiger partial charge on any atom is 0.341 e. The molecule has 6 heteroatoms. The van der Waals surface area contributed by atoms with Crippen molar-refractivity contribution in [3.05, 3.63) is 83.7 Å². The number of pyridine rings is 1. The monoisotopic (exact) mass is 379 g/mol. The summed E-state index contributed by atoms with van der Waals surface area (Å²) >= 11 is 0. The highest BCUT2D eigenvalue weighted by Gasteiger charge is 2.10. The topological polar surface area (TPSA) is 77.9 Å². The Labute approximate surface area is 163 Å². The van der Waals surface area contributed by atoms with Crippen molar-refractivity contribution in [3.63, 3.8) is 0 Å². The molecule has 0 spiro atoms. The normalized spacial score (nSPS) is 10.3. The van der Waals surface area contributed by atoms with Gasteiger partial charge >= 0.3 is 5.97 Å². The molecule has 0 aliphatic heterocycles. The lowest BCUT2D eigenvalue weighted by atomic mass is 10.1. The molecule has 0 atom stereocenters. The second-order valence-electron chi connectivity index (χ2n) is 6.16. The Kier molecular flexibility index (Phi) is 6.46. The van der Waals surface area contributed by atoms with Gasteiger partial charge in [0.2, 0.25) is 0 Å². The highest BCUT2D eigenvalue weighted by Crippen LogP contribution is 2.26. The minimum absolute atomic E-state index is 0.253. The quantitative estimate of drug-likeness (QED) is 0.605. The molecular formula is C22H21NO5. The minimum atomic E-state index is -1.02. The molecule has 0 bridgehead atoms. The van der Waals surface area contributed by atoms with Gasteiger partial charge in [-0.15, -0.1) is 0 Å². The maximum atomic E-state index is 10.8. The highest BCUT2D eigenvalue weighted by atomic mass is 16.5. The number of carboxylic acid groups (broad SMARTS) is 1. The minimum Gasteiger partial charge on any atom is -0.489 e. The Bertz CT molecular complexity index is 927. The first-order valence-corrected chi connectivity index (χ1v) is 8.79. The zero-order chi connectivity index (χ0) is 19.8. The van der Waals surface area contributed by atoms with Crippen LogP contribution in [0.1, 0.15) is 16.7 Å². The van der Waals surface area contributed by atoms with Crippen molar-refractivity contribution in [2.45, 2.75) is 20.1 Å². The molecule has 6 nitrogen and oxygen atoms in total. The lowest BCUT2D eigenvalue weighted by Crippen LogP contribution is -2.12. The van der Waals surface area contributed by atoms with Gasteiger partial charge in [-0.25, -0.2) is 4.79 Å². The number of aromatic nitrogens is 1. The van der Waals surface area contributed by atoms with E-state index in [4.69, 9.17) is 19.3 Å². The maximum absolute atomic E-state index is 10.8. The molecule has 0 unspecified atom stereocenters. The van der Waals surface area contributed by atoms with Crippen molar-refractivity contribution in [1.29, 1.82) is 0 Å². The van der Waals surface area contributed by atoms with Crippen LogP contribution in [0.5, 0.6) is 17.2 Å². The summed E-state index contributed by atoms with van der Waals surface area (Å²) in [4.78, 5) is 14.9. The van der Waals surface area contributed by atoms with Crippen LogP contribution in [-0.2, 0) is 18.0 Å². The average Bonchev–Trinajstić information content (AvgIpc) is 2.71. The van der Waals surface area contributed by atoms with E-state index < -0.39 is 12.6 Å². The number of carboxylic acids is 1. The third-order valence-corrected chi connectivity index (χ3v) is 3.96. The van der Waals surface area contributed by atoms with Gasteiger partial charge in [-0.3, -0.25) is 4.98 Å². The lowest BCUT2D eigenvalue weighted by molar-refractivity contribution is -0.139. The predicted molar refractivity (Wildman–Crippen MR) is 104 cm³/mol. The Morgan fingerprint density at radius 1 is 0.964 bits per heavy atom. The molecule has 1 heterocycles. The number of para-hydroxylation sites is 1. The van der Waals surface area contributed by atoms with Gasteiger partial charge < -0.3 is 19.3 Å². The summed E-state index contributed by atoms with van der Waals surface area (Å²) in [7, 11) is 0. The molecule has 2 aromatic carbocycles. The van der Waals surface area contributed by atoms with E-state index in [0.29, 0.717) is 23.9 Å². The van der Waals surface area contributed by atoms with Crippen LogP contribution in [0.25, 0.3) is 0 Å². The SMILES string of the molecule is Cc1cccc(COc2cccc(OCc3cccnc3)c2)c1OCC(=O)O. The molecule has 144 valence electrons. The van der Waals surface area contributed by atoms with E-state index in [-0.39, 0.29) is 6.61 Å². The third kappa shape index (κ3) is 5.48. The smallest absolute Gasteiger partial charge is 0.341 e. The molecule has 0 saturated heterocycles. The molecule has 3 aromatic rings. The Hall–Kier alpha value is -3.54. The molecule has 0 saturated carbocycles. The number of rotatable bonds is 9. The number of hydrogen-bond donors (Lipinski definition) is 1. The van der Waals surface area contributed by atoms with Crippen LogP contribution in [-0.4, -0.2) is 22.7 Å². The van der Waals surface area contributed by atoms with Crippen LogP contribution in [0.15, 0.2) is 67.0 Å². The number of carbonyl (C=O) groups is 1. The van der Waals surface area contributed by atoms with Crippen molar-refractivity contribution in [1.82, 2.24) is 4.98 Å². The number of nitrogens with zero attached hydrogens (tertiary/aromatic N) is 1. The van der Waals surface area contributed by atoms with Gasteiger partial charge in [0.25, 0.3) is 0 Å². The van der Waals surface area contributed by atoms with Crippen LogP contribution < -0.4 is 14.2 Å². The number of benzene rings is 2. The van der Waals surface area contributed by atoms with Gasteiger partial charge in [-0.05, 0) is 30.7 Å². The fourth-order valence-corrected chi connectivity index (χ4v) is 2.63. The van der Waals surface area contributed by atoms with Gasteiger partial charge in [0.05, 0.1) is 0 Å². The Balaban J connectivity index is 1.63. The van der Waals surface area contributed by atoms with Crippen LogP contribution in [0.4, 0.5) is 0 Å². The number of aryl methyl sites for hydroxylation is 1. The summed E-state index contributed by atoms with van der Waals surface area (Å²) in [6.45, 7) is 2.15. The number of aliphatic carboxylic acids is 1. The molecule has 1 N–H and O–H groups in total. The molecule has 0 fully saturated rings. The summed E-state index contributed by atoms with van der Waals surface area (Å²) in [6.07, 6.45) is 3.48. The van der Waals surface area contributed by atoms with E-state index >= 15 is 0 Å². The Morgan fingerprint density at radius 2 is 1.71 bits per heavy atom. The second-order valence-corrected chi connectivity index (χ2v) is 6.16. The van der Waals surface area contributed by atoms with Crippen LogP contribution in [0.3, 0.4) is 0 Å². The van der Waals surface area contributed by atoms with Gasteiger partial charge in [-0.2, -0.15) is 0 Å². The Morgan fingerprint density at radius 3 is 2.43 bits per heavy atom. The first-order chi connectivity index (χ1) is 13.6. The summed E-state index contributed by atoms with van der Waals surface area (Å²) in [5, 5.41) is 8.85. The van der Waals surface area contributed by atoms with Crippen molar-refractivity contribution < 1.29 is 24.1 Å². The van der Waals surface area contributed by atoms with Crippen molar-refractivity contribution >= 4 is 5.97 Å². The standard InChI is InChI=1S/C22H21NO5/c1-16-5-2-7-18(22(16)28-15-21(24)25)14-27-20-9-3-8-19(11-20)26-13-17-6-4-10-23-12-17/h2-12H,13-15H2,1H3,(H,24,25). The predicted octanol–water partition coefficient (Wildman–Crippen LogP) is 4.01. The summed E-state index contributed by atoms with van der Waals surface area (Å²) in [5.41, 5.74) is 2.62. The molecule has 28 heavy (non-hydrogen) atoms. The van der Waals surface area contributed by atoms with Gasteiger partial charge in [-0.1, -0.05) is 30.3 Å². The summed E-state index contributed by atoms with van der Waals surface area (Å²) in [5.74, 6) is 0.852.